The lowest BCUT2D eigenvalue weighted by atomic mass is 10.0. The first kappa shape index (κ1) is 22.1. The molecule has 0 radical (unpaired) electrons. The van der Waals surface area contributed by atoms with Crippen molar-refractivity contribution in [3.8, 4) is 0 Å². The Morgan fingerprint density at radius 3 is 2.74 bits per heavy atom. The number of aryl methyl sites for hydroxylation is 1. The molecule has 1 saturated heterocycles. The average molecular weight is 463 g/mol. The zero-order valence-corrected chi connectivity index (χ0v) is 19.2. The maximum absolute atomic E-state index is 11.9. The summed E-state index contributed by atoms with van der Waals surface area (Å²) in [6.07, 6.45) is 3.59. The molecule has 1 aromatic heterocycles. The highest BCUT2D eigenvalue weighted by atomic mass is 35.5. The number of benzene rings is 1. The van der Waals surface area contributed by atoms with Crippen molar-refractivity contribution in [1.29, 1.82) is 0 Å². The van der Waals surface area contributed by atoms with Crippen molar-refractivity contribution in [3.63, 3.8) is 0 Å². The highest BCUT2D eigenvalue weighted by Gasteiger charge is 2.32. The number of halogens is 1. The van der Waals surface area contributed by atoms with E-state index in [1.807, 2.05) is 17.0 Å². The summed E-state index contributed by atoms with van der Waals surface area (Å²) in [5, 5.41) is 9.47. The molecular weight excluding hydrogens is 436 g/mol. The maximum atomic E-state index is 11.9. The standard InChI is InChI=1S/C22H27ClN4O3S/c1-15-7-8-16-5-3-4-6-20(16)26(2)22(15)18-11-21(24-12-19(18)23)27-13-17(14-27)25-31(29,30)10-9-28/h3-6,11-12,17,25,28H,7-10,13-14H2,1-2H3. The van der Waals surface area contributed by atoms with Crippen LogP contribution in [-0.2, 0) is 16.4 Å². The number of aliphatic hydroxyl groups excluding tert-OH is 1. The third kappa shape index (κ3) is 4.57. The first-order valence-corrected chi connectivity index (χ1v) is 12.3. The van der Waals surface area contributed by atoms with Crippen molar-refractivity contribution in [1.82, 2.24) is 9.71 Å². The first-order chi connectivity index (χ1) is 14.8. The van der Waals surface area contributed by atoms with E-state index in [1.54, 1.807) is 6.20 Å². The fourth-order valence-electron chi connectivity index (χ4n) is 4.26. The Hall–Kier alpha value is -2.13. The fourth-order valence-corrected chi connectivity index (χ4v) is 5.47. The second kappa shape index (κ2) is 8.78. The Labute approximate surface area is 188 Å². The van der Waals surface area contributed by atoms with Gasteiger partial charge in [0.05, 0.1) is 23.4 Å². The lowest BCUT2D eigenvalue weighted by Crippen LogP contribution is -2.60. The Bertz CT molecular complexity index is 1110. The molecule has 31 heavy (non-hydrogen) atoms. The molecule has 0 bridgehead atoms. The van der Waals surface area contributed by atoms with E-state index in [0.29, 0.717) is 18.1 Å². The Morgan fingerprint density at radius 1 is 1.26 bits per heavy atom. The number of hydrogen-bond acceptors (Lipinski definition) is 6. The van der Waals surface area contributed by atoms with E-state index in [9.17, 15) is 8.42 Å². The van der Waals surface area contributed by atoms with Crippen LogP contribution in [-0.4, -0.2) is 57.0 Å². The molecule has 2 N–H and O–H groups in total. The number of para-hydroxylation sites is 1. The van der Waals surface area contributed by atoms with E-state index in [1.165, 1.54) is 16.8 Å². The van der Waals surface area contributed by atoms with E-state index in [4.69, 9.17) is 16.7 Å². The van der Waals surface area contributed by atoms with Gasteiger partial charge in [-0.25, -0.2) is 18.1 Å². The summed E-state index contributed by atoms with van der Waals surface area (Å²) in [6, 6.07) is 10.2. The molecule has 0 amide bonds. The summed E-state index contributed by atoms with van der Waals surface area (Å²) in [4.78, 5) is 8.70. The second-order valence-corrected chi connectivity index (χ2v) is 10.4. The van der Waals surface area contributed by atoms with Crippen LogP contribution in [0.15, 0.2) is 42.1 Å². The number of rotatable bonds is 6. The summed E-state index contributed by atoms with van der Waals surface area (Å²) < 4.78 is 26.3. The number of hydrogen-bond donors (Lipinski definition) is 2. The number of allylic oxidation sites excluding steroid dienone is 1. The number of nitrogens with zero attached hydrogens (tertiary/aromatic N) is 3. The lowest BCUT2D eigenvalue weighted by Gasteiger charge is -2.40. The zero-order valence-electron chi connectivity index (χ0n) is 17.7. The number of aliphatic hydroxyl groups is 1. The van der Waals surface area contributed by atoms with Crippen LogP contribution in [0.3, 0.4) is 0 Å². The SMILES string of the molecule is CC1=C(c2cc(N3CC(NS(=O)(=O)CCO)C3)ncc2Cl)N(C)c2ccccc2CC1. The predicted molar refractivity (Wildman–Crippen MR) is 125 cm³/mol. The quantitative estimate of drug-likeness (QED) is 0.686. The van der Waals surface area contributed by atoms with E-state index < -0.39 is 10.0 Å². The summed E-state index contributed by atoms with van der Waals surface area (Å²) in [5.41, 5.74) is 5.75. The van der Waals surface area contributed by atoms with E-state index >= 15 is 0 Å². The molecular formula is C22H27ClN4O3S. The van der Waals surface area contributed by atoms with E-state index in [-0.39, 0.29) is 18.4 Å². The van der Waals surface area contributed by atoms with Crippen molar-refractivity contribution in [3.05, 3.63) is 58.3 Å². The van der Waals surface area contributed by atoms with Gasteiger partial charge in [0.1, 0.15) is 5.82 Å². The van der Waals surface area contributed by atoms with Gasteiger partial charge in [-0.2, -0.15) is 0 Å². The fraction of sp³-hybridized carbons (Fsp3) is 0.409. The lowest BCUT2D eigenvalue weighted by molar-refractivity contribution is 0.318. The minimum atomic E-state index is -3.46. The predicted octanol–water partition coefficient (Wildman–Crippen LogP) is 2.65. The summed E-state index contributed by atoms with van der Waals surface area (Å²) in [5.74, 6) is 0.483. The molecule has 166 valence electrons. The molecule has 0 saturated carbocycles. The Balaban J connectivity index is 1.58. The van der Waals surface area contributed by atoms with Gasteiger partial charge in [0.25, 0.3) is 0 Å². The van der Waals surface area contributed by atoms with Crippen LogP contribution in [0.25, 0.3) is 5.70 Å². The maximum Gasteiger partial charge on any atom is 0.214 e. The highest BCUT2D eigenvalue weighted by molar-refractivity contribution is 7.89. The molecule has 9 heteroatoms. The Morgan fingerprint density at radius 2 is 2.00 bits per heavy atom. The third-order valence-corrected chi connectivity index (χ3v) is 7.58. The number of anilines is 2. The summed E-state index contributed by atoms with van der Waals surface area (Å²) >= 11 is 6.60. The van der Waals surface area contributed by atoms with Crippen molar-refractivity contribution in [2.45, 2.75) is 25.8 Å². The Kier molecular flexibility index (Phi) is 6.25. The van der Waals surface area contributed by atoms with Crippen molar-refractivity contribution in [2.24, 2.45) is 0 Å². The average Bonchev–Trinajstić information content (AvgIpc) is 2.82. The van der Waals surface area contributed by atoms with Crippen LogP contribution in [0.5, 0.6) is 0 Å². The van der Waals surface area contributed by atoms with Crippen molar-refractivity contribution < 1.29 is 13.5 Å². The molecule has 1 fully saturated rings. The molecule has 2 aliphatic heterocycles. The second-order valence-electron chi connectivity index (χ2n) is 8.10. The number of nitrogens with one attached hydrogen (secondary N) is 1. The van der Waals surface area contributed by atoms with Crippen LogP contribution in [0.1, 0.15) is 24.5 Å². The van der Waals surface area contributed by atoms with Crippen LogP contribution in [0.4, 0.5) is 11.5 Å². The highest BCUT2D eigenvalue weighted by Crippen LogP contribution is 2.38. The molecule has 1 aromatic carbocycles. The molecule has 0 aliphatic carbocycles. The summed E-state index contributed by atoms with van der Waals surface area (Å²) in [7, 11) is -1.39. The van der Waals surface area contributed by atoms with Gasteiger partial charge >= 0.3 is 0 Å². The monoisotopic (exact) mass is 462 g/mol. The van der Waals surface area contributed by atoms with Crippen LogP contribution >= 0.6 is 11.6 Å². The summed E-state index contributed by atoms with van der Waals surface area (Å²) in [6.45, 7) is 2.80. The van der Waals surface area contributed by atoms with Gasteiger partial charge in [-0.1, -0.05) is 29.8 Å². The smallest absolute Gasteiger partial charge is 0.214 e. The van der Waals surface area contributed by atoms with Gasteiger partial charge in [0.2, 0.25) is 10.0 Å². The number of pyridine rings is 1. The molecule has 0 atom stereocenters. The number of sulfonamides is 1. The van der Waals surface area contributed by atoms with Crippen molar-refractivity contribution >= 4 is 38.8 Å². The normalized spacial score (nSPS) is 17.4. The number of aromatic nitrogens is 1. The third-order valence-electron chi connectivity index (χ3n) is 5.87. The minimum Gasteiger partial charge on any atom is -0.395 e. The molecule has 0 spiro atoms. The molecule has 3 heterocycles. The molecule has 2 aromatic rings. The first-order valence-electron chi connectivity index (χ1n) is 10.3. The minimum absolute atomic E-state index is 0.189. The molecule has 7 nitrogen and oxygen atoms in total. The molecule has 4 rings (SSSR count). The van der Waals surface area contributed by atoms with Gasteiger partial charge in [0, 0.05) is 43.3 Å². The van der Waals surface area contributed by atoms with Gasteiger partial charge in [-0.15, -0.1) is 0 Å². The largest absolute Gasteiger partial charge is 0.395 e. The molecule has 2 aliphatic rings. The van der Waals surface area contributed by atoms with Crippen LogP contribution in [0.2, 0.25) is 5.02 Å². The van der Waals surface area contributed by atoms with E-state index in [0.717, 1.165) is 29.9 Å². The van der Waals surface area contributed by atoms with Gasteiger partial charge in [-0.05, 0) is 43.0 Å². The van der Waals surface area contributed by atoms with E-state index in [2.05, 4.69) is 46.8 Å². The van der Waals surface area contributed by atoms with Gasteiger partial charge in [0.15, 0.2) is 0 Å². The molecule has 0 unspecified atom stereocenters. The van der Waals surface area contributed by atoms with Gasteiger partial charge < -0.3 is 14.9 Å². The number of fused-ring (bicyclic) bond motifs is 1. The van der Waals surface area contributed by atoms with Crippen LogP contribution < -0.4 is 14.5 Å². The van der Waals surface area contributed by atoms with Crippen LogP contribution in [0, 0.1) is 0 Å². The van der Waals surface area contributed by atoms with Gasteiger partial charge in [-0.3, -0.25) is 0 Å². The van der Waals surface area contributed by atoms with Crippen molar-refractivity contribution in [2.75, 3.05) is 42.3 Å². The topological polar surface area (TPSA) is 85.8 Å². The zero-order chi connectivity index (χ0) is 22.2.